The predicted molar refractivity (Wildman–Crippen MR) is 105 cm³/mol. The molecule has 2 N–H and O–H groups in total. The number of nitrogens with zero attached hydrogens (tertiary/aromatic N) is 3. The Morgan fingerprint density at radius 2 is 2.00 bits per heavy atom. The van der Waals surface area contributed by atoms with Crippen molar-refractivity contribution in [3.05, 3.63) is 41.8 Å². The third-order valence-electron chi connectivity index (χ3n) is 4.79. The van der Waals surface area contributed by atoms with Gasteiger partial charge in [0.1, 0.15) is 6.26 Å². The maximum Gasteiger partial charge on any atom is 0.226 e. The van der Waals surface area contributed by atoms with Crippen molar-refractivity contribution < 1.29 is 9.21 Å². The van der Waals surface area contributed by atoms with Crippen LogP contribution in [-0.4, -0.2) is 47.9 Å². The number of oxazole rings is 1. The molecule has 1 aliphatic heterocycles. The number of carbonyl (C=O) groups excluding carboxylic acids is 1. The highest BCUT2D eigenvalue weighted by Crippen LogP contribution is 2.19. The molecule has 1 fully saturated rings. The number of aromatic nitrogens is 1. The third-order valence-corrected chi connectivity index (χ3v) is 4.79. The second kappa shape index (κ2) is 8.70. The van der Waals surface area contributed by atoms with Crippen LogP contribution in [0.3, 0.4) is 0 Å². The molecule has 0 radical (unpaired) electrons. The molecule has 2 heterocycles. The molecule has 1 aromatic carbocycles. The van der Waals surface area contributed by atoms with Crippen LogP contribution in [0.25, 0.3) is 11.5 Å². The number of guanidine groups is 1. The summed E-state index contributed by atoms with van der Waals surface area (Å²) in [5.74, 6) is 1.49. The minimum absolute atomic E-state index is 0.145. The van der Waals surface area contributed by atoms with E-state index in [4.69, 9.17) is 4.42 Å². The first-order valence-corrected chi connectivity index (χ1v) is 9.29. The molecule has 0 bridgehead atoms. The monoisotopic (exact) mass is 369 g/mol. The number of rotatable bonds is 4. The average Bonchev–Trinajstić information content (AvgIpc) is 3.15. The largest absolute Gasteiger partial charge is 0.444 e. The van der Waals surface area contributed by atoms with Gasteiger partial charge in [-0.15, -0.1) is 0 Å². The van der Waals surface area contributed by atoms with Crippen LogP contribution >= 0.6 is 0 Å². The lowest BCUT2D eigenvalue weighted by molar-refractivity contribution is -0.129. The van der Waals surface area contributed by atoms with E-state index >= 15 is 0 Å². The molecule has 0 aliphatic carbocycles. The number of piperidine rings is 1. The number of aliphatic imine (C=N–C) groups is 1. The summed E-state index contributed by atoms with van der Waals surface area (Å²) in [6.07, 6.45) is 3.50. The van der Waals surface area contributed by atoms with Gasteiger partial charge in [0.05, 0.1) is 12.2 Å². The summed E-state index contributed by atoms with van der Waals surface area (Å²) in [7, 11) is 1.75. The van der Waals surface area contributed by atoms with Crippen LogP contribution in [0.2, 0.25) is 0 Å². The highest BCUT2D eigenvalue weighted by molar-refractivity contribution is 5.80. The maximum absolute atomic E-state index is 11.4. The van der Waals surface area contributed by atoms with Crippen molar-refractivity contribution >= 4 is 11.9 Å². The first-order chi connectivity index (χ1) is 13.0. The summed E-state index contributed by atoms with van der Waals surface area (Å²) in [5, 5.41) is 6.70. The molecule has 7 heteroatoms. The summed E-state index contributed by atoms with van der Waals surface area (Å²) in [5.41, 5.74) is 2.99. The minimum atomic E-state index is 0.145. The second-order valence-corrected chi connectivity index (χ2v) is 6.86. The standard InChI is InChI=1S/C20H27N5O2/c1-14-4-6-16(7-5-14)19-23-18(13-27-19)12-22-20(21-3)24-17-8-10-25(11-9-17)15(2)26/h4-7,13,17H,8-12H2,1-3H3,(H2,21,22,24). The molecule has 0 spiro atoms. The Labute approximate surface area is 159 Å². The molecule has 1 saturated heterocycles. The smallest absolute Gasteiger partial charge is 0.226 e. The molecule has 1 aliphatic rings. The number of hydrogen-bond acceptors (Lipinski definition) is 4. The normalized spacial score (nSPS) is 15.7. The van der Waals surface area contributed by atoms with E-state index < -0.39 is 0 Å². The van der Waals surface area contributed by atoms with Crippen molar-refractivity contribution in [2.24, 2.45) is 4.99 Å². The van der Waals surface area contributed by atoms with E-state index in [0.29, 0.717) is 18.5 Å². The summed E-state index contributed by atoms with van der Waals surface area (Å²) in [4.78, 5) is 22.1. The van der Waals surface area contributed by atoms with Gasteiger partial charge in [0.15, 0.2) is 5.96 Å². The quantitative estimate of drug-likeness (QED) is 0.638. The molecule has 7 nitrogen and oxygen atoms in total. The van der Waals surface area contributed by atoms with Crippen LogP contribution in [0.1, 0.15) is 31.0 Å². The molecule has 144 valence electrons. The van der Waals surface area contributed by atoms with Crippen molar-refractivity contribution in [3.63, 3.8) is 0 Å². The van der Waals surface area contributed by atoms with E-state index in [0.717, 1.165) is 43.1 Å². The zero-order valence-electron chi connectivity index (χ0n) is 16.2. The third kappa shape index (κ3) is 5.09. The van der Waals surface area contributed by atoms with Gasteiger partial charge in [-0.1, -0.05) is 17.7 Å². The van der Waals surface area contributed by atoms with Crippen molar-refractivity contribution in [1.82, 2.24) is 20.5 Å². The Hall–Kier alpha value is -2.83. The molecule has 0 atom stereocenters. The van der Waals surface area contributed by atoms with Gasteiger partial charge in [-0.05, 0) is 31.9 Å². The van der Waals surface area contributed by atoms with Crippen LogP contribution in [-0.2, 0) is 11.3 Å². The Morgan fingerprint density at radius 3 is 2.63 bits per heavy atom. The van der Waals surface area contributed by atoms with Crippen LogP contribution in [0.4, 0.5) is 0 Å². The lowest BCUT2D eigenvalue weighted by Gasteiger charge is -2.32. The lowest BCUT2D eigenvalue weighted by atomic mass is 10.1. The van der Waals surface area contributed by atoms with Crippen molar-refractivity contribution in [3.8, 4) is 11.5 Å². The molecule has 0 saturated carbocycles. The van der Waals surface area contributed by atoms with E-state index in [9.17, 15) is 4.79 Å². The number of likely N-dealkylation sites (tertiary alicyclic amines) is 1. The number of amides is 1. The van der Waals surface area contributed by atoms with Gasteiger partial charge in [0, 0.05) is 38.7 Å². The van der Waals surface area contributed by atoms with Gasteiger partial charge >= 0.3 is 0 Å². The fraction of sp³-hybridized carbons (Fsp3) is 0.450. The number of hydrogen-bond donors (Lipinski definition) is 2. The SMILES string of the molecule is CN=C(NCc1coc(-c2ccc(C)cc2)n1)NC1CCN(C(C)=O)CC1. The van der Waals surface area contributed by atoms with E-state index in [2.05, 4.69) is 27.5 Å². The van der Waals surface area contributed by atoms with E-state index in [1.807, 2.05) is 29.2 Å². The second-order valence-electron chi connectivity index (χ2n) is 6.86. The molecular weight excluding hydrogens is 342 g/mol. The van der Waals surface area contributed by atoms with Gasteiger partial charge in [-0.25, -0.2) is 4.98 Å². The van der Waals surface area contributed by atoms with Crippen LogP contribution in [0, 0.1) is 6.92 Å². The Balaban J connectivity index is 1.50. The van der Waals surface area contributed by atoms with Gasteiger partial charge in [-0.3, -0.25) is 9.79 Å². The molecule has 1 amide bonds. The fourth-order valence-corrected chi connectivity index (χ4v) is 3.12. The average molecular weight is 369 g/mol. The molecule has 2 aromatic rings. The van der Waals surface area contributed by atoms with Crippen LogP contribution < -0.4 is 10.6 Å². The van der Waals surface area contributed by atoms with E-state index in [1.165, 1.54) is 5.56 Å². The van der Waals surface area contributed by atoms with Crippen molar-refractivity contribution in [1.29, 1.82) is 0 Å². The minimum Gasteiger partial charge on any atom is -0.444 e. The van der Waals surface area contributed by atoms with Gasteiger partial charge in [-0.2, -0.15) is 0 Å². The highest BCUT2D eigenvalue weighted by Gasteiger charge is 2.21. The lowest BCUT2D eigenvalue weighted by Crippen LogP contribution is -2.49. The first-order valence-electron chi connectivity index (χ1n) is 9.29. The Kier molecular flexibility index (Phi) is 6.11. The molecule has 27 heavy (non-hydrogen) atoms. The van der Waals surface area contributed by atoms with E-state index in [-0.39, 0.29) is 5.91 Å². The van der Waals surface area contributed by atoms with Gasteiger partial charge in [0.25, 0.3) is 0 Å². The highest BCUT2D eigenvalue weighted by atomic mass is 16.3. The predicted octanol–water partition coefficient (Wildman–Crippen LogP) is 2.33. The number of carbonyl (C=O) groups is 1. The zero-order chi connectivity index (χ0) is 19.2. The summed E-state index contributed by atoms with van der Waals surface area (Å²) < 4.78 is 5.59. The van der Waals surface area contributed by atoms with E-state index in [1.54, 1.807) is 20.2 Å². The van der Waals surface area contributed by atoms with Gasteiger partial charge in [0.2, 0.25) is 11.8 Å². The Morgan fingerprint density at radius 1 is 1.30 bits per heavy atom. The Bertz CT molecular complexity index is 789. The summed E-state index contributed by atoms with van der Waals surface area (Å²) >= 11 is 0. The molecular formula is C20H27N5O2. The number of nitrogens with one attached hydrogen (secondary N) is 2. The number of benzene rings is 1. The molecule has 0 unspecified atom stereocenters. The summed E-state index contributed by atoms with van der Waals surface area (Å²) in [6.45, 7) is 5.77. The van der Waals surface area contributed by atoms with Crippen LogP contribution in [0.5, 0.6) is 0 Å². The topological polar surface area (TPSA) is 82.8 Å². The van der Waals surface area contributed by atoms with Gasteiger partial charge < -0.3 is 20.0 Å². The number of aryl methyl sites for hydroxylation is 1. The zero-order valence-corrected chi connectivity index (χ0v) is 16.2. The fourth-order valence-electron chi connectivity index (χ4n) is 3.12. The van der Waals surface area contributed by atoms with Crippen LogP contribution in [0.15, 0.2) is 39.9 Å². The molecule has 1 aromatic heterocycles. The van der Waals surface area contributed by atoms with Crippen molar-refractivity contribution in [2.45, 2.75) is 39.3 Å². The molecule has 3 rings (SSSR count). The summed E-state index contributed by atoms with van der Waals surface area (Å²) in [6, 6.07) is 8.41. The first kappa shape index (κ1) is 18.9. The van der Waals surface area contributed by atoms with Crippen molar-refractivity contribution in [2.75, 3.05) is 20.1 Å². The maximum atomic E-state index is 11.4.